The summed E-state index contributed by atoms with van der Waals surface area (Å²) in [7, 11) is 0. The average molecular weight is 421 g/mol. The van der Waals surface area contributed by atoms with E-state index in [4.69, 9.17) is 0 Å². The Balaban J connectivity index is 1.67. The molecule has 2 amide bonds. The molecular formula is C21H36N6OS. The van der Waals surface area contributed by atoms with Gasteiger partial charge in [-0.2, -0.15) is 0 Å². The quantitative estimate of drug-likeness (QED) is 0.441. The van der Waals surface area contributed by atoms with Gasteiger partial charge in [0.1, 0.15) is 18.2 Å². The summed E-state index contributed by atoms with van der Waals surface area (Å²) in [5.74, 6) is 1.00. The van der Waals surface area contributed by atoms with Crippen LogP contribution in [-0.2, 0) is 0 Å². The number of hydrogen-bond donors (Lipinski definition) is 1. The summed E-state index contributed by atoms with van der Waals surface area (Å²) in [6.07, 6.45) is 14.4. The monoisotopic (exact) mass is 420 g/mol. The highest BCUT2D eigenvalue weighted by Gasteiger charge is 2.13. The van der Waals surface area contributed by atoms with E-state index in [2.05, 4.69) is 27.2 Å². The van der Waals surface area contributed by atoms with E-state index in [0.29, 0.717) is 0 Å². The molecule has 162 valence electrons. The highest BCUT2D eigenvalue weighted by Crippen LogP contribution is 2.16. The molecule has 2 aromatic rings. The van der Waals surface area contributed by atoms with Crippen LogP contribution in [0.2, 0.25) is 0 Å². The van der Waals surface area contributed by atoms with Gasteiger partial charge < -0.3 is 10.2 Å². The zero-order valence-corrected chi connectivity index (χ0v) is 19.0. The lowest BCUT2D eigenvalue weighted by atomic mass is 10.1. The highest BCUT2D eigenvalue weighted by molar-refractivity contribution is 7.97. The summed E-state index contributed by atoms with van der Waals surface area (Å²) in [5, 5.41) is 3.04. The first-order chi connectivity index (χ1) is 14.1. The Morgan fingerprint density at radius 3 is 2.55 bits per heavy atom. The number of unbranched alkanes of at least 4 members (excludes halogenated alkanes) is 6. The van der Waals surface area contributed by atoms with E-state index in [1.807, 2.05) is 22.7 Å². The second-order valence-corrected chi connectivity index (χ2v) is 8.76. The van der Waals surface area contributed by atoms with Gasteiger partial charge in [0.25, 0.3) is 0 Å². The van der Waals surface area contributed by atoms with E-state index in [1.165, 1.54) is 25.7 Å². The van der Waals surface area contributed by atoms with E-state index < -0.39 is 0 Å². The second-order valence-electron chi connectivity index (χ2n) is 7.70. The molecule has 0 radical (unpaired) electrons. The zero-order chi connectivity index (χ0) is 20.9. The number of nitrogens with one attached hydrogen (secondary N) is 1. The van der Waals surface area contributed by atoms with Crippen molar-refractivity contribution in [1.82, 2.24) is 29.1 Å². The number of rotatable bonds is 14. The largest absolute Gasteiger partial charge is 0.336 e. The Kier molecular flexibility index (Phi) is 10.8. The third kappa shape index (κ3) is 8.60. The summed E-state index contributed by atoms with van der Waals surface area (Å²) in [6, 6.07) is 0.254. The molecule has 7 nitrogen and oxygen atoms in total. The van der Waals surface area contributed by atoms with Crippen LogP contribution in [-0.4, -0.2) is 54.7 Å². The molecule has 2 heterocycles. The molecule has 0 aliphatic rings. The Morgan fingerprint density at radius 1 is 1.10 bits per heavy atom. The van der Waals surface area contributed by atoms with Crippen molar-refractivity contribution in [3.05, 3.63) is 18.9 Å². The van der Waals surface area contributed by atoms with Gasteiger partial charge in [0.05, 0.1) is 6.20 Å². The first kappa shape index (κ1) is 23.4. The summed E-state index contributed by atoms with van der Waals surface area (Å²) < 4.78 is 2.01. The van der Waals surface area contributed by atoms with Crippen molar-refractivity contribution in [2.24, 2.45) is 0 Å². The van der Waals surface area contributed by atoms with Crippen LogP contribution in [0.25, 0.3) is 11.2 Å². The summed E-state index contributed by atoms with van der Waals surface area (Å²) >= 11 is 1.72. The summed E-state index contributed by atoms with van der Waals surface area (Å²) in [5.41, 5.74) is 1.69. The molecule has 0 unspecified atom stereocenters. The molecule has 0 spiro atoms. The number of carbonyl (C=O) groups excluding carboxylic acids is 1. The van der Waals surface area contributed by atoms with Crippen molar-refractivity contribution in [2.45, 2.75) is 78.2 Å². The van der Waals surface area contributed by atoms with Gasteiger partial charge in [-0.15, -0.1) is 0 Å². The van der Waals surface area contributed by atoms with Crippen LogP contribution in [0.3, 0.4) is 0 Å². The van der Waals surface area contributed by atoms with Crippen molar-refractivity contribution < 1.29 is 4.79 Å². The minimum absolute atomic E-state index is 0.0782. The lowest BCUT2D eigenvalue weighted by Crippen LogP contribution is -2.43. The topological polar surface area (TPSA) is 75.9 Å². The number of carbonyl (C=O) groups is 1. The normalized spacial score (nSPS) is 11.3. The molecule has 1 N–H and O–H groups in total. The molecule has 29 heavy (non-hydrogen) atoms. The lowest BCUT2D eigenvalue weighted by molar-refractivity contribution is 0.192. The van der Waals surface area contributed by atoms with Gasteiger partial charge in [0.2, 0.25) is 0 Å². The lowest BCUT2D eigenvalue weighted by Gasteiger charge is -2.24. The van der Waals surface area contributed by atoms with Gasteiger partial charge >= 0.3 is 6.03 Å². The van der Waals surface area contributed by atoms with Crippen LogP contribution in [0.15, 0.2) is 18.9 Å². The maximum atomic E-state index is 12.5. The predicted octanol–water partition coefficient (Wildman–Crippen LogP) is 4.88. The molecule has 0 aliphatic carbocycles. The van der Waals surface area contributed by atoms with E-state index in [0.717, 1.165) is 55.7 Å². The van der Waals surface area contributed by atoms with Crippen molar-refractivity contribution in [1.29, 1.82) is 0 Å². The van der Waals surface area contributed by atoms with Crippen molar-refractivity contribution in [3.8, 4) is 0 Å². The summed E-state index contributed by atoms with van der Waals surface area (Å²) in [6.45, 7) is 7.94. The fraction of sp³-hybridized carbons (Fsp3) is 0.714. The van der Waals surface area contributed by atoms with Crippen LogP contribution >= 0.6 is 11.9 Å². The van der Waals surface area contributed by atoms with Crippen LogP contribution in [0.1, 0.15) is 72.1 Å². The third-order valence-corrected chi connectivity index (χ3v) is 5.73. The van der Waals surface area contributed by atoms with Gasteiger partial charge in [-0.1, -0.05) is 39.0 Å². The van der Waals surface area contributed by atoms with Gasteiger partial charge in [0.15, 0.2) is 5.65 Å². The van der Waals surface area contributed by atoms with Gasteiger partial charge in [-0.05, 0) is 45.1 Å². The maximum absolute atomic E-state index is 12.5. The van der Waals surface area contributed by atoms with Crippen LogP contribution in [0.4, 0.5) is 4.79 Å². The van der Waals surface area contributed by atoms with Gasteiger partial charge in [-0.25, -0.2) is 19.7 Å². The molecule has 0 saturated heterocycles. The molecule has 8 heteroatoms. The smallest absolute Gasteiger partial charge is 0.317 e. The molecule has 0 aromatic carbocycles. The average Bonchev–Trinajstić information content (AvgIpc) is 3.11. The fourth-order valence-electron chi connectivity index (χ4n) is 3.14. The first-order valence-corrected chi connectivity index (χ1v) is 11.9. The number of amides is 2. The zero-order valence-electron chi connectivity index (χ0n) is 18.1. The molecule has 0 atom stereocenters. The summed E-state index contributed by atoms with van der Waals surface area (Å²) in [4.78, 5) is 27.1. The highest BCUT2D eigenvalue weighted by atomic mass is 32.2. The molecule has 2 aromatic heterocycles. The molecule has 0 aliphatic heterocycles. The predicted molar refractivity (Wildman–Crippen MR) is 121 cm³/mol. The number of aromatic nitrogens is 4. The Hall–Kier alpha value is -1.83. The molecule has 0 fully saturated rings. The van der Waals surface area contributed by atoms with Gasteiger partial charge in [0, 0.05) is 24.9 Å². The third-order valence-electron chi connectivity index (χ3n) is 4.72. The Morgan fingerprint density at radius 2 is 1.83 bits per heavy atom. The minimum atomic E-state index is 0.0782. The van der Waals surface area contributed by atoms with Crippen LogP contribution in [0, 0.1) is 0 Å². The van der Waals surface area contributed by atoms with E-state index in [-0.39, 0.29) is 12.1 Å². The van der Waals surface area contributed by atoms with Crippen LogP contribution < -0.4 is 5.32 Å². The van der Waals surface area contributed by atoms with Crippen LogP contribution in [0.5, 0.6) is 0 Å². The van der Waals surface area contributed by atoms with Crippen molar-refractivity contribution >= 4 is 29.1 Å². The van der Waals surface area contributed by atoms with E-state index in [1.54, 1.807) is 30.8 Å². The SMILES string of the molecule is CCCCCCCN(CCCCCSn1cnc2cncnc21)C(=O)NC(C)C. The maximum Gasteiger partial charge on any atom is 0.317 e. The number of hydrogen-bond acceptors (Lipinski definition) is 5. The number of imidazole rings is 1. The fourth-order valence-corrected chi connectivity index (χ4v) is 4.05. The van der Waals surface area contributed by atoms with Gasteiger partial charge in [-0.3, -0.25) is 3.97 Å². The van der Waals surface area contributed by atoms with E-state index in [9.17, 15) is 4.79 Å². The minimum Gasteiger partial charge on any atom is -0.336 e. The first-order valence-electron chi connectivity index (χ1n) is 10.9. The number of urea groups is 1. The standard InChI is InChI=1S/C21H36N6OS/c1-4-5-6-7-9-12-26(21(28)25-18(2)3)13-10-8-11-14-29-27-17-24-19-15-22-16-23-20(19)27/h15-18H,4-14H2,1-3H3,(H,25,28). The Labute approximate surface area is 179 Å². The number of fused-ring (bicyclic) bond motifs is 1. The molecular weight excluding hydrogens is 384 g/mol. The Bertz CT molecular complexity index is 720. The number of nitrogens with zero attached hydrogens (tertiary/aromatic N) is 5. The van der Waals surface area contributed by atoms with E-state index >= 15 is 0 Å². The molecule has 2 rings (SSSR count). The molecule has 0 bridgehead atoms. The second kappa shape index (κ2) is 13.4. The van der Waals surface area contributed by atoms with Crippen molar-refractivity contribution in [3.63, 3.8) is 0 Å². The van der Waals surface area contributed by atoms with Crippen molar-refractivity contribution in [2.75, 3.05) is 18.8 Å². The molecule has 0 saturated carbocycles.